The fourth-order valence-electron chi connectivity index (χ4n) is 1.34. The summed E-state index contributed by atoms with van der Waals surface area (Å²) in [7, 11) is 0. The molecule has 0 saturated heterocycles. The summed E-state index contributed by atoms with van der Waals surface area (Å²) in [4.78, 5) is 20.7. The molecule has 0 fully saturated rings. The van der Waals surface area contributed by atoms with Crippen molar-refractivity contribution in [2.45, 2.75) is 0 Å². The van der Waals surface area contributed by atoms with E-state index in [0.29, 0.717) is 0 Å². The molecule has 0 radical (unpaired) electrons. The van der Waals surface area contributed by atoms with Crippen LogP contribution in [0, 0.1) is 10.1 Å². The van der Waals surface area contributed by atoms with E-state index >= 15 is 0 Å². The Labute approximate surface area is 92.1 Å². The minimum absolute atomic E-state index is 0.0795. The molecule has 8 heteroatoms. The molecule has 0 atom stereocenters. The minimum Gasteiger partial charge on any atom is -0.504 e. The van der Waals surface area contributed by atoms with E-state index in [1.54, 1.807) is 0 Å². The number of nitro groups is 1. The number of rotatable bonds is 1. The molecule has 0 aliphatic rings. The van der Waals surface area contributed by atoms with Crippen LogP contribution in [-0.2, 0) is 0 Å². The van der Waals surface area contributed by atoms with E-state index in [4.69, 9.17) is 0 Å². The maximum Gasteiger partial charge on any atom is 0.415 e. The highest BCUT2D eigenvalue weighted by Gasteiger charge is 2.20. The summed E-state index contributed by atoms with van der Waals surface area (Å²) >= 11 is 0. The van der Waals surface area contributed by atoms with E-state index < -0.39 is 39.1 Å². The highest BCUT2D eigenvalue weighted by atomic mass is 16.6. The van der Waals surface area contributed by atoms with Crippen molar-refractivity contribution in [1.82, 2.24) is 0 Å². The van der Waals surface area contributed by atoms with Crippen molar-refractivity contribution >= 4 is 16.7 Å². The van der Waals surface area contributed by atoms with Gasteiger partial charge in [0.1, 0.15) is 0 Å². The van der Waals surface area contributed by atoms with Gasteiger partial charge in [0.2, 0.25) is 11.5 Å². The minimum atomic E-state index is -1.26. The highest BCUT2D eigenvalue weighted by molar-refractivity contribution is 5.88. The Morgan fingerprint density at radius 2 is 1.82 bits per heavy atom. The largest absolute Gasteiger partial charge is 0.504 e. The van der Waals surface area contributed by atoms with Gasteiger partial charge in [0.15, 0.2) is 11.3 Å². The third-order valence-corrected chi connectivity index (χ3v) is 2.13. The summed E-state index contributed by atoms with van der Waals surface area (Å²) < 4.78 is 4.50. The summed E-state index contributed by atoms with van der Waals surface area (Å²) in [6.45, 7) is 0. The maximum atomic E-state index is 11.2. The van der Waals surface area contributed by atoms with Crippen LogP contribution in [0.4, 0.5) is 5.69 Å². The van der Waals surface area contributed by atoms with Crippen LogP contribution in [0.2, 0.25) is 0 Å². The third kappa shape index (κ3) is 1.51. The molecule has 2 aromatic rings. The fraction of sp³-hybridized carbons (Fsp3) is 0. The Hall–Kier alpha value is -2.77. The molecule has 0 bridgehead atoms. The van der Waals surface area contributed by atoms with Crippen molar-refractivity contribution in [3.63, 3.8) is 0 Å². The van der Waals surface area contributed by atoms with Gasteiger partial charge in [-0.3, -0.25) is 10.1 Å². The smallest absolute Gasteiger partial charge is 0.415 e. The van der Waals surface area contributed by atoms with Gasteiger partial charge in [-0.15, -0.1) is 0 Å². The van der Waals surface area contributed by atoms with Crippen LogP contribution < -0.4 is 5.63 Å². The van der Waals surface area contributed by atoms with Crippen molar-refractivity contribution in [3.05, 3.63) is 32.7 Å². The zero-order chi connectivity index (χ0) is 12.7. The molecular weight excluding hydrogens is 234 g/mol. The van der Waals surface area contributed by atoms with E-state index in [1.165, 1.54) is 0 Å². The molecule has 0 aliphatic carbocycles. The summed E-state index contributed by atoms with van der Waals surface area (Å²) in [5, 5.41) is 38.1. The number of phenols is 3. The molecule has 0 saturated carbocycles. The standard InChI is InChI=1S/C9H5NO7/c11-5-2-3-1-4(10(15)16)9(14)17-8(3)7(13)6(5)12/h1-2,11-13H. The zero-order valence-electron chi connectivity index (χ0n) is 8.08. The van der Waals surface area contributed by atoms with Crippen LogP contribution in [-0.4, -0.2) is 20.2 Å². The van der Waals surface area contributed by atoms with Crippen LogP contribution in [0.15, 0.2) is 21.3 Å². The lowest BCUT2D eigenvalue weighted by molar-refractivity contribution is -0.387. The molecule has 1 heterocycles. The molecular formula is C9H5NO7. The number of phenolic OH excluding ortho intramolecular Hbond substituents is 3. The molecule has 3 N–H and O–H groups in total. The Bertz CT molecular complexity index is 688. The van der Waals surface area contributed by atoms with Crippen LogP contribution in [0.3, 0.4) is 0 Å². The van der Waals surface area contributed by atoms with Gasteiger partial charge in [0, 0.05) is 11.5 Å². The van der Waals surface area contributed by atoms with E-state index in [-0.39, 0.29) is 5.39 Å². The molecule has 2 rings (SSSR count). The molecule has 1 aromatic carbocycles. The van der Waals surface area contributed by atoms with Crippen LogP contribution >= 0.6 is 0 Å². The second-order valence-corrected chi connectivity index (χ2v) is 3.19. The zero-order valence-corrected chi connectivity index (χ0v) is 8.08. The van der Waals surface area contributed by atoms with E-state index in [2.05, 4.69) is 4.42 Å². The van der Waals surface area contributed by atoms with E-state index in [0.717, 1.165) is 12.1 Å². The summed E-state index contributed by atoms with van der Waals surface area (Å²) in [5.74, 6) is -2.40. The van der Waals surface area contributed by atoms with Gasteiger partial charge in [-0.2, -0.15) is 0 Å². The second kappa shape index (κ2) is 3.37. The number of fused-ring (bicyclic) bond motifs is 1. The lowest BCUT2D eigenvalue weighted by Gasteiger charge is -2.03. The summed E-state index contributed by atoms with van der Waals surface area (Å²) in [6.07, 6.45) is 0. The molecule has 0 amide bonds. The summed E-state index contributed by atoms with van der Waals surface area (Å²) in [6, 6.07) is 1.76. The molecule has 0 unspecified atom stereocenters. The number of aromatic hydroxyl groups is 3. The number of hydrogen-bond acceptors (Lipinski definition) is 7. The first-order valence-corrected chi connectivity index (χ1v) is 4.28. The average molecular weight is 239 g/mol. The van der Waals surface area contributed by atoms with Gasteiger partial charge in [-0.05, 0) is 6.07 Å². The Balaban J connectivity index is 2.94. The van der Waals surface area contributed by atoms with Crippen LogP contribution in [0.25, 0.3) is 11.0 Å². The lowest BCUT2D eigenvalue weighted by Crippen LogP contribution is -2.06. The van der Waals surface area contributed by atoms with Crippen LogP contribution in [0.5, 0.6) is 17.2 Å². The molecule has 8 nitrogen and oxygen atoms in total. The number of nitrogens with zero attached hydrogens (tertiary/aromatic N) is 1. The molecule has 0 aliphatic heterocycles. The van der Waals surface area contributed by atoms with Crippen molar-refractivity contribution in [1.29, 1.82) is 0 Å². The van der Waals surface area contributed by atoms with Gasteiger partial charge < -0.3 is 19.7 Å². The highest BCUT2D eigenvalue weighted by Crippen LogP contribution is 2.40. The maximum absolute atomic E-state index is 11.2. The van der Waals surface area contributed by atoms with Crippen molar-refractivity contribution in [3.8, 4) is 17.2 Å². The third-order valence-electron chi connectivity index (χ3n) is 2.13. The van der Waals surface area contributed by atoms with Crippen molar-refractivity contribution in [2.24, 2.45) is 0 Å². The van der Waals surface area contributed by atoms with E-state index in [9.17, 15) is 30.2 Å². The molecule has 17 heavy (non-hydrogen) atoms. The predicted molar refractivity (Wildman–Crippen MR) is 54.1 cm³/mol. The lowest BCUT2D eigenvalue weighted by atomic mass is 10.2. The van der Waals surface area contributed by atoms with Gasteiger partial charge >= 0.3 is 11.3 Å². The number of hydrogen-bond donors (Lipinski definition) is 3. The second-order valence-electron chi connectivity index (χ2n) is 3.19. The summed E-state index contributed by atoms with van der Waals surface area (Å²) in [5.41, 5.74) is -2.53. The van der Waals surface area contributed by atoms with Crippen molar-refractivity contribution < 1.29 is 24.7 Å². The fourth-order valence-corrected chi connectivity index (χ4v) is 1.34. The van der Waals surface area contributed by atoms with Crippen LogP contribution in [0.1, 0.15) is 0 Å². The monoisotopic (exact) mass is 239 g/mol. The molecule has 0 spiro atoms. The average Bonchev–Trinajstić information content (AvgIpc) is 2.26. The number of benzene rings is 1. The normalized spacial score (nSPS) is 10.6. The first-order chi connectivity index (χ1) is 7.91. The van der Waals surface area contributed by atoms with E-state index in [1.807, 2.05) is 0 Å². The SMILES string of the molecule is O=c1oc2c(O)c(O)c(O)cc2cc1[N+](=O)[O-]. The first kappa shape index (κ1) is 10.7. The van der Waals surface area contributed by atoms with Gasteiger partial charge in [0.05, 0.1) is 4.92 Å². The Morgan fingerprint density at radius 3 is 2.41 bits per heavy atom. The topological polar surface area (TPSA) is 134 Å². The first-order valence-electron chi connectivity index (χ1n) is 4.28. The molecule has 1 aromatic heterocycles. The quantitative estimate of drug-likeness (QED) is 0.290. The van der Waals surface area contributed by atoms with Gasteiger partial charge in [-0.1, -0.05) is 0 Å². The van der Waals surface area contributed by atoms with Crippen molar-refractivity contribution in [2.75, 3.05) is 0 Å². The Morgan fingerprint density at radius 1 is 1.18 bits per heavy atom. The molecule has 88 valence electrons. The Kier molecular flexibility index (Phi) is 2.13. The predicted octanol–water partition coefficient (Wildman–Crippen LogP) is 0.818. The van der Waals surface area contributed by atoms with Gasteiger partial charge in [-0.25, -0.2) is 4.79 Å². The van der Waals surface area contributed by atoms with Gasteiger partial charge in [0.25, 0.3) is 0 Å².